The first kappa shape index (κ1) is 77.9. The third-order valence-corrected chi connectivity index (χ3v) is 25.7. The third-order valence-electron chi connectivity index (χ3n) is 25.7. The summed E-state index contributed by atoms with van der Waals surface area (Å²) in [5.41, 5.74) is 26.6. The first-order valence-corrected chi connectivity index (χ1v) is 44.7. The van der Waals surface area contributed by atoms with Crippen LogP contribution < -0.4 is 19.6 Å². The predicted octanol–water partition coefficient (Wildman–Crippen LogP) is 36.0. The molecule has 0 aliphatic rings. The van der Waals surface area contributed by atoms with Crippen molar-refractivity contribution in [3.63, 3.8) is 0 Å². The Balaban J connectivity index is 0.000000148. The number of hydrogen-bond donors (Lipinski definition) is 0. The molecule has 0 fully saturated rings. The van der Waals surface area contributed by atoms with Crippen LogP contribution in [0.5, 0.6) is 0 Å². The molecule has 0 aliphatic carbocycles. The van der Waals surface area contributed by atoms with Crippen LogP contribution in [0.15, 0.2) is 505 Å². The fourth-order valence-corrected chi connectivity index (χ4v) is 19.7. The van der Waals surface area contributed by atoms with E-state index in [2.05, 4.69) is 420 Å². The van der Waals surface area contributed by atoms with E-state index in [9.17, 15) is 0 Å². The van der Waals surface area contributed by atoms with E-state index >= 15 is 4.39 Å². The lowest BCUT2D eigenvalue weighted by atomic mass is 9.93. The lowest BCUT2D eigenvalue weighted by molar-refractivity contribution is 0.630. The molecule has 0 N–H and O–H groups in total. The molecule has 0 amide bonds. The van der Waals surface area contributed by atoms with Crippen molar-refractivity contribution in [2.75, 3.05) is 19.6 Å². The van der Waals surface area contributed by atoms with Crippen molar-refractivity contribution in [3.8, 4) is 55.6 Å². The minimum absolute atomic E-state index is 0.331. The molecule has 7 nitrogen and oxygen atoms in total. The van der Waals surface area contributed by atoms with Crippen LogP contribution in [0.1, 0.15) is 0 Å². The number of fused-ring (bicyclic) bond motifs is 19. The van der Waals surface area contributed by atoms with Gasteiger partial charge in [0.05, 0.1) is 22.7 Å². The molecular formula is C124H81FN4O3. The number of benzene rings is 22. The number of para-hydroxylation sites is 7. The van der Waals surface area contributed by atoms with Crippen LogP contribution in [-0.4, -0.2) is 0 Å². The Kier molecular flexibility index (Phi) is 19.7. The summed E-state index contributed by atoms with van der Waals surface area (Å²) in [4.78, 5) is 9.07. The van der Waals surface area contributed by atoms with Crippen molar-refractivity contribution in [2.24, 2.45) is 0 Å². The molecule has 0 saturated heterocycles. The zero-order valence-electron chi connectivity index (χ0n) is 71.7. The summed E-state index contributed by atoms with van der Waals surface area (Å²) < 4.78 is 38.5. The van der Waals surface area contributed by atoms with Gasteiger partial charge in [0.2, 0.25) is 0 Å². The largest absolute Gasteiger partial charge is 0.456 e. The number of hydrogen-bond acceptors (Lipinski definition) is 7. The van der Waals surface area contributed by atoms with Gasteiger partial charge in [-0.3, -0.25) is 0 Å². The number of nitrogens with zero attached hydrogens (tertiary/aromatic N) is 4. The maximum absolute atomic E-state index is 17.9. The van der Waals surface area contributed by atoms with Gasteiger partial charge in [0.15, 0.2) is 0 Å². The molecule has 0 aliphatic heterocycles. The molecule has 3 heterocycles. The highest BCUT2D eigenvalue weighted by atomic mass is 19.1. The van der Waals surface area contributed by atoms with Gasteiger partial charge in [0.25, 0.3) is 0 Å². The van der Waals surface area contributed by atoms with E-state index in [-0.39, 0.29) is 5.82 Å². The Morgan fingerprint density at radius 3 is 0.886 bits per heavy atom. The van der Waals surface area contributed by atoms with Crippen LogP contribution >= 0.6 is 0 Å². The van der Waals surface area contributed by atoms with E-state index in [1.54, 1.807) is 6.07 Å². The van der Waals surface area contributed by atoms with Gasteiger partial charge in [0, 0.05) is 129 Å². The fraction of sp³-hybridized carbons (Fsp3) is 0. The standard InChI is InChI=1S/C68H45FN2O.C56H36N2O2/c69-62-43-50(46-22-6-1-7-23-46)42-60(49-28-12-4-13-29-49)67(62)71(64-37-21-19-33-55(64)48-26-10-3-11-27-48)52-38-40-58-61(44-52)56-34-16-17-35-57(56)66-59-41-39-53(45-65(59)72-68(58)66)70(51-30-14-5-15-31-51)63-36-20-18-32-54(63)47-24-8-2-9-25-47;1-4-16-37(17-5-1)43-22-12-14-26-51(43)58(39-20-8-3-9-21-39)42-30-33-49-54(36-42)60-56-48-32-29-40(34-50(48)44-23-10-11-25-47(44)55(49)56)57(38-18-6-2-7-19-38)41-28-31-46-45-24-13-15-27-52(45)59-53(46)35-41/h1-45H;1-36H. The van der Waals surface area contributed by atoms with Crippen molar-refractivity contribution in [3.05, 3.63) is 497 Å². The highest BCUT2D eigenvalue weighted by Gasteiger charge is 2.30. The molecule has 0 saturated carbocycles. The highest BCUT2D eigenvalue weighted by molar-refractivity contribution is 6.32. The number of anilines is 12. The van der Waals surface area contributed by atoms with Crippen LogP contribution in [0, 0.1) is 5.82 Å². The Morgan fingerprint density at radius 2 is 0.455 bits per heavy atom. The molecule has 8 heteroatoms. The summed E-state index contributed by atoms with van der Waals surface area (Å²) in [5, 5.41) is 15.2. The van der Waals surface area contributed by atoms with Gasteiger partial charge < -0.3 is 32.9 Å². The number of halogens is 1. The summed E-state index contributed by atoms with van der Waals surface area (Å²) in [6, 6.07) is 171. The first-order chi connectivity index (χ1) is 65.4. The zero-order chi connectivity index (χ0) is 87.5. The molecule has 0 spiro atoms. The topological polar surface area (TPSA) is 52.4 Å². The SMILES string of the molecule is Fc1cc(-c2ccccc2)cc(-c2ccccc2)c1N(c1ccc2c(c1)c1ccccc1c1c3ccc(N(c4ccccc4)c4ccccc4-c4ccccc4)cc3oc21)c1ccccc1-c1ccccc1.c1ccc(-c2ccccc2N(c2ccccc2)c2ccc3c(c2)oc2c4ccc(N(c5ccccc5)c5ccc6c(c5)oc5ccccc56)cc4c4ccccc4c32)cc1. The molecule has 25 rings (SSSR count). The molecule has 25 aromatic rings. The quantitative estimate of drug-likeness (QED) is 0.0842. The van der Waals surface area contributed by atoms with Gasteiger partial charge >= 0.3 is 0 Å². The van der Waals surface area contributed by atoms with Crippen LogP contribution in [0.25, 0.3) is 165 Å². The normalized spacial score (nSPS) is 11.5. The van der Waals surface area contributed by atoms with Crippen molar-refractivity contribution < 1.29 is 17.6 Å². The molecular weight excluding hydrogens is 1610 g/mol. The summed E-state index contributed by atoms with van der Waals surface area (Å²) >= 11 is 0. The Hall–Kier alpha value is -17.6. The number of furan rings is 3. The van der Waals surface area contributed by atoms with Gasteiger partial charge in [-0.15, -0.1) is 0 Å². The summed E-state index contributed by atoms with van der Waals surface area (Å²) in [6.07, 6.45) is 0. The van der Waals surface area contributed by atoms with E-state index in [0.29, 0.717) is 5.69 Å². The summed E-state index contributed by atoms with van der Waals surface area (Å²) in [7, 11) is 0. The number of rotatable bonds is 17. The fourth-order valence-electron chi connectivity index (χ4n) is 19.7. The van der Waals surface area contributed by atoms with E-state index < -0.39 is 0 Å². The molecule has 22 aromatic carbocycles. The van der Waals surface area contributed by atoms with Gasteiger partial charge in [-0.05, 0) is 211 Å². The lowest BCUT2D eigenvalue weighted by Gasteiger charge is -2.31. The molecule has 0 bridgehead atoms. The predicted molar refractivity (Wildman–Crippen MR) is 551 cm³/mol. The van der Waals surface area contributed by atoms with Gasteiger partial charge in [0.1, 0.15) is 39.3 Å². The minimum Gasteiger partial charge on any atom is -0.456 e. The Labute approximate surface area is 762 Å². The van der Waals surface area contributed by atoms with Gasteiger partial charge in [-0.2, -0.15) is 0 Å². The van der Waals surface area contributed by atoms with Crippen molar-refractivity contribution in [1.82, 2.24) is 0 Å². The van der Waals surface area contributed by atoms with E-state index in [4.69, 9.17) is 13.3 Å². The smallest absolute Gasteiger partial charge is 0.148 e. The van der Waals surface area contributed by atoms with E-state index in [1.807, 2.05) is 84.9 Å². The second-order valence-corrected chi connectivity index (χ2v) is 33.4. The second kappa shape index (κ2) is 33.3. The average Bonchev–Trinajstić information content (AvgIpc) is 1.61. The van der Waals surface area contributed by atoms with Crippen LogP contribution in [0.2, 0.25) is 0 Å². The van der Waals surface area contributed by atoms with E-state index in [0.717, 1.165) is 222 Å². The zero-order valence-corrected chi connectivity index (χ0v) is 71.7. The highest BCUT2D eigenvalue weighted by Crippen LogP contribution is 2.54. The molecule has 0 unspecified atom stereocenters. The maximum atomic E-state index is 17.9. The first-order valence-electron chi connectivity index (χ1n) is 44.7. The molecule has 0 atom stereocenters. The lowest BCUT2D eigenvalue weighted by Crippen LogP contribution is -2.14. The minimum atomic E-state index is -0.331. The van der Waals surface area contributed by atoms with Crippen LogP contribution in [0.4, 0.5) is 72.6 Å². The van der Waals surface area contributed by atoms with Crippen LogP contribution in [0.3, 0.4) is 0 Å². The Morgan fingerprint density at radius 1 is 0.159 bits per heavy atom. The van der Waals surface area contributed by atoms with Gasteiger partial charge in [-0.25, -0.2) is 4.39 Å². The van der Waals surface area contributed by atoms with Crippen molar-refractivity contribution in [1.29, 1.82) is 0 Å². The van der Waals surface area contributed by atoms with Crippen molar-refractivity contribution >= 4 is 177 Å². The molecule has 0 radical (unpaired) electrons. The maximum Gasteiger partial charge on any atom is 0.148 e. The van der Waals surface area contributed by atoms with Gasteiger partial charge in [-0.1, -0.05) is 328 Å². The van der Waals surface area contributed by atoms with Crippen LogP contribution in [-0.2, 0) is 0 Å². The molecule has 622 valence electrons. The third kappa shape index (κ3) is 13.8. The summed E-state index contributed by atoms with van der Waals surface area (Å²) in [6.45, 7) is 0. The monoisotopic (exact) mass is 1690 g/mol. The molecule has 132 heavy (non-hydrogen) atoms. The Bertz CT molecular complexity index is 8670. The van der Waals surface area contributed by atoms with Crippen molar-refractivity contribution in [2.45, 2.75) is 0 Å². The summed E-state index contributed by atoms with van der Waals surface area (Å²) in [5.74, 6) is -0.331. The van der Waals surface area contributed by atoms with E-state index in [1.165, 1.54) is 5.39 Å². The second-order valence-electron chi connectivity index (χ2n) is 33.4. The average molecular weight is 1690 g/mol. The molecule has 3 aromatic heterocycles.